The van der Waals surface area contributed by atoms with Crippen molar-refractivity contribution >= 4 is 11.6 Å². The first-order valence-corrected chi connectivity index (χ1v) is 8.56. The Labute approximate surface area is 133 Å². The van der Waals surface area contributed by atoms with Crippen LogP contribution in [-0.2, 0) is 0 Å². The molecule has 1 aromatic carbocycles. The summed E-state index contributed by atoms with van der Waals surface area (Å²) in [6, 6.07) is 5.17. The molecule has 0 aromatic heterocycles. The molecule has 1 saturated carbocycles. The molecule has 1 N–H and O–H groups in total. The molecule has 3 unspecified atom stereocenters. The number of halogens is 2. The van der Waals surface area contributed by atoms with Crippen molar-refractivity contribution < 1.29 is 4.39 Å². The Kier molecular flexibility index (Phi) is 6.07. The average Bonchev–Trinajstić information content (AvgIpc) is 2.45. The minimum Gasteiger partial charge on any atom is -0.317 e. The van der Waals surface area contributed by atoms with Crippen LogP contribution in [0, 0.1) is 23.6 Å². The first-order chi connectivity index (χ1) is 10.0. The fraction of sp³-hybridized carbons (Fsp3) is 0.667. The van der Waals surface area contributed by atoms with E-state index < -0.39 is 0 Å². The molecule has 1 aromatic rings. The van der Waals surface area contributed by atoms with Crippen molar-refractivity contribution in [2.24, 2.45) is 17.8 Å². The molecule has 1 fully saturated rings. The van der Waals surface area contributed by atoms with Gasteiger partial charge in [0.2, 0.25) is 0 Å². The van der Waals surface area contributed by atoms with E-state index in [1.807, 2.05) is 12.1 Å². The van der Waals surface area contributed by atoms with Crippen molar-refractivity contribution in [1.29, 1.82) is 0 Å². The van der Waals surface area contributed by atoms with E-state index in [0.717, 1.165) is 25.1 Å². The maximum atomic E-state index is 14.4. The lowest BCUT2D eigenvalue weighted by atomic mass is 9.68. The van der Waals surface area contributed by atoms with Crippen molar-refractivity contribution in [3.63, 3.8) is 0 Å². The van der Waals surface area contributed by atoms with Gasteiger partial charge in [-0.2, -0.15) is 0 Å². The van der Waals surface area contributed by atoms with E-state index in [2.05, 4.69) is 26.1 Å². The Bertz CT molecular complexity index is 461. The summed E-state index contributed by atoms with van der Waals surface area (Å²) >= 11 is 5.90. The number of rotatable bonds is 5. The fourth-order valence-corrected chi connectivity index (χ4v) is 3.79. The first-order valence-electron chi connectivity index (χ1n) is 8.18. The van der Waals surface area contributed by atoms with Crippen LogP contribution in [0.5, 0.6) is 0 Å². The summed E-state index contributed by atoms with van der Waals surface area (Å²) in [6.45, 7) is 8.64. The molecule has 3 heteroatoms. The van der Waals surface area contributed by atoms with Crippen LogP contribution < -0.4 is 5.32 Å². The number of hydrogen-bond acceptors (Lipinski definition) is 1. The van der Waals surface area contributed by atoms with Gasteiger partial charge >= 0.3 is 0 Å². The van der Waals surface area contributed by atoms with Gasteiger partial charge in [0, 0.05) is 5.02 Å². The summed E-state index contributed by atoms with van der Waals surface area (Å²) in [5, 5.41) is 3.93. The van der Waals surface area contributed by atoms with Gasteiger partial charge in [0.1, 0.15) is 5.82 Å². The third-order valence-electron chi connectivity index (χ3n) is 5.00. The molecule has 1 aliphatic carbocycles. The summed E-state index contributed by atoms with van der Waals surface area (Å²) in [6.07, 6.45) is 3.54. The molecule has 0 aliphatic heterocycles. The molecule has 0 saturated heterocycles. The normalized spacial score (nSPS) is 26.3. The summed E-state index contributed by atoms with van der Waals surface area (Å²) in [5.74, 6) is 2.06. The molecule has 0 heterocycles. The topological polar surface area (TPSA) is 12.0 Å². The van der Waals surface area contributed by atoms with Gasteiger partial charge in [-0.05, 0) is 73.7 Å². The second-order valence-electron chi connectivity index (χ2n) is 6.66. The smallest absolute Gasteiger partial charge is 0.128 e. The summed E-state index contributed by atoms with van der Waals surface area (Å²) in [7, 11) is 0. The average molecular weight is 312 g/mol. The second kappa shape index (κ2) is 7.60. The zero-order chi connectivity index (χ0) is 15.4. The van der Waals surface area contributed by atoms with Gasteiger partial charge in [-0.15, -0.1) is 0 Å². The van der Waals surface area contributed by atoms with Crippen LogP contribution in [0.2, 0.25) is 5.02 Å². The predicted octanol–water partition coefficient (Wildman–Crippen LogP) is 5.24. The van der Waals surface area contributed by atoms with Gasteiger partial charge in [-0.1, -0.05) is 38.4 Å². The number of nitrogens with one attached hydrogen (secondary N) is 1. The first kappa shape index (κ1) is 16.8. The lowest BCUT2D eigenvalue weighted by Gasteiger charge is -2.38. The molecule has 3 atom stereocenters. The summed E-state index contributed by atoms with van der Waals surface area (Å²) < 4.78 is 14.4. The van der Waals surface area contributed by atoms with Crippen molar-refractivity contribution in [3.8, 4) is 0 Å². The largest absolute Gasteiger partial charge is 0.317 e. The summed E-state index contributed by atoms with van der Waals surface area (Å²) in [4.78, 5) is 0. The van der Waals surface area contributed by atoms with Gasteiger partial charge in [-0.3, -0.25) is 0 Å². The molecule has 21 heavy (non-hydrogen) atoms. The Balaban J connectivity index is 2.23. The Morgan fingerprint density at radius 3 is 2.71 bits per heavy atom. The van der Waals surface area contributed by atoms with Crippen molar-refractivity contribution in [2.75, 3.05) is 13.1 Å². The Morgan fingerprint density at radius 2 is 2.10 bits per heavy atom. The van der Waals surface area contributed by atoms with E-state index in [-0.39, 0.29) is 5.82 Å². The number of hydrogen-bond donors (Lipinski definition) is 1. The molecule has 0 amide bonds. The zero-order valence-electron chi connectivity index (χ0n) is 13.3. The SMILES string of the molecule is CCNCC1CCC(C(C)C)CC1c1ccc(Cl)cc1F. The van der Waals surface area contributed by atoms with E-state index >= 15 is 0 Å². The molecule has 0 bridgehead atoms. The van der Waals surface area contributed by atoms with Crippen LogP contribution in [0.4, 0.5) is 4.39 Å². The van der Waals surface area contributed by atoms with Crippen molar-refractivity contribution in [1.82, 2.24) is 5.32 Å². The van der Waals surface area contributed by atoms with Crippen LogP contribution in [0.25, 0.3) is 0 Å². The van der Waals surface area contributed by atoms with Gasteiger partial charge in [-0.25, -0.2) is 4.39 Å². The van der Waals surface area contributed by atoms with E-state index in [0.29, 0.717) is 28.7 Å². The molecule has 1 nitrogen and oxygen atoms in total. The Hall–Kier alpha value is -0.600. The van der Waals surface area contributed by atoms with E-state index in [4.69, 9.17) is 11.6 Å². The second-order valence-corrected chi connectivity index (χ2v) is 7.09. The lowest BCUT2D eigenvalue weighted by molar-refractivity contribution is 0.188. The molecule has 0 radical (unpaired) electrons. The van der Waals surface area contributed by atoms with E-state index in [1.165, 1.54) is 18.9 Å². The van der Waals surface area contributed by atoms with Crippen LogP contribution in [0.3, 0.4) is 0 Å². The molecule has 2 rings (SSSR count). The van der Waals surface area contributed by atoms with Crippen LogP contribution in [0.1, 0.15) is 51.5 Å². The number of benzene rings is 1. The lowest BCUT2D eigenvalue weighted by Crippen LogP contribution is -2.33. The molecule has 1 aliphatic rings. The van der Waals surface area contributed by atoms with Crippen LogP contribution in [-0.4, -0.2) is 13.1 Å². The fourth-order valence-electron chi connectivity index (χ4n) is 3.63. The van der Waals surface area contributed by atoms with Gasteiger partial charge < -0.3 is 5.32 Å². The highest BCUT2D eigenvalue weighted by molar-refractivity contribution is 6.30. The highest BCUT2D eigenvalue weighted by Crippen LogP contribution is 2.43. The van der Waals surface area contributed by atoms with E-state index in [1.54, 1.807) is 0 Å². The minimum absolute atomic E-state index is 0.140. The van der Waals surface area contributed by atoms with Crippen LogP contribution in [0.15, 0.2) is 18.2 Å². The quantitative estimate of drug-likeness (QED) is 0.783. The monoisotopic (exact) mass is 311 g/mol. The molecular formula is C18H27ClFN. The van der Waals surface area contributed by atoms with Crippen molar-refractivity contribution in [2.45, 2.75) is 46.0 Å². The highest BCUT2D eigenvalue weighted by Gasteiger charge is 2.33. The van der Waals surface area contributed by atoms with Crippen molar-refractivity contribution in [3.05, 3.63) is 34.6 Å². The highest BCUT2D eigenvalue weighted by atomic mass is 35.5. The van der Waals surface area contributed by atoms with Gasteiger partial charge in [0.05, 0.1) is 0 Å². The van der Waals surface area contributed by atoms with Crippen LogP contribution >= 0.6 is 11.6 Å². The maximum absolute atomic E-state index is 14.4. The third kappa shape index (κ3) is 4.20. The Morgan fingerprint density at radius 1 is 1.33 bits per heavy atom. The molecule has 118 valence electrons. The standard InChI is InChI=1S/C18H27ClFN/c1-4-21-11-14-6-5-13(12(2)3)9-17(14)16-8-7-15(19)10-18(16)20/h7-8,10,12-14,17,21H,4-6,9,11H2,1-3H3. The van der Waals surface area contributed by atoms with Gasteiger partial charge in [0.25, 0.3) is 0 Å². The summed E-state index contributed by atoms with van der Waals surface area (Å²) in [5.41, 5.74) is 0.854. The molecule has 0 spiro atoms. The van der Waals surface area contributed by atoms with Gasteiger partial charge in [0.15, 0.2) is 0 Å². The zero-order valence-corrected chi connectivity index (χ0v) is 14.1. The predicted molar refractivity (Wildman–Crippen MR) is 88.4 cm³/mol. The van der Waals surface area contributed by atoms with E-state index in [9.17, 15) is 4.39 Å². The third-order valence-corrected chi connectivity index (χ3v) is 5.23. The molecular weight excluding hydrogens is 285 g/mol. The minimum atomic E-state index is -0.140. The maximum Gasteiger partial charge on any atom is 0.128 e.